The third-order valence-electron chi connectivity index (χ3n) is 2.75. The molecule has 3 atom stereocenters. The molecule has 11 heteroatoms. The Morgan fingerprint density at radius 2 is 1.81 bits per heavy atom. The molecule has 0 amide bonds. The van der Waals surface area contributed by atoms with Crippen LogP contribution < -0.4 is 0 Å². The van der Waals surface area contributed by atoms with Crippen LogP contribution in [0.3, 0.4) is 0 Å². The SMILES string of the molecule is O=[N+]([O-])[C@H]1[C@H](OS(=O)(=O)C(F)(F)F)S[C@@H]1c1ccccc1. The standard InChI is InChI=1S/C10H8F3NO5S2/c11-10(12,13)21(17,18)19-9-7(14(15)16)8(20-9)6-4-2-1-3-5-6/h1-5,7-9H/t7-,8-,9-/m1/s1. The Kier molecular flexibility index (Phi) is 4.17. The highest BCUT2D eigenvalue weighted by Crippen LogP contribution is 2.51. The second-order valence-corrected chi connectivity index (χ2v) is 6.92. The molecule has 1 aliphatic rings. The lowest BCUT2D eigenvalue weighted by molar-refractivity contribution is -0.532. The second-order valence-electron chi connectivity index (χ2n) is 4.11. The van der Waals surface area contributed by atoms with Gasteiger partial charge in [0.1, 0.15) is 5.25 Å². The second kappa shape index (κ2) is 5.46. The third-order valence-corrected chi connectivity index (χ3v) is 5.38. The minimum atomic E-state index is -5.86. The van der Waals surface area contributed by atoms with E-state index in [9.17, 15) is 31.7 Å². The lowest BCUT2D eigenvalue weighted by Crippen LogP contribution is -2.49. The summed E-state index contributed by atoms with van der Waals surface area (Å²) in [5.74, 6) is 0. The van der Waals surface area contributed by atoms with Crippen molar-refractivity contribution in [2.45, 2.75) is 22.2 Å². The molecule has 1 aromatic carbocycles. The van der Waals surface area contributed by atoms with Gasteiger partial charge < -0.3 is 0 Å². The average Bonchev–Trinajstić information content (AvgIpc) is 2.32. The van der Waals surface area contributed by atoms with E-state index in [0.29, 0.717) is 17.3 Å². The first-order chi connectivity index (χ1) is 9.63. The van der Waals surface area contributed by atoms with Gasteiger partial charge in [0.2, 0.25) is 0 Å². The van der Waals surface area contributed by atoms with Crippen molar-refractivity contribution in [1.82, 2.24) is 0 Å². The quantitative estimate of drug-likeness (QED) is 0.361. The lowest BCUT2D eigenvalue weighted by Gasteiger charge is -2.36. The molecular formula is C10H8F3NO5S2. The molecule has 1 aliphatic heterocycles. The van der Waals surface area contributed by atoms with Gasteiger partial charge in [-0.2, -0.15) is 21.6 Å². The molecule has 0 radical (unpaired) electrons. The number of hydrogen-bond acceptors (Lipinski definition) is 6. The molecule has 21 heavy (non-hydrogen) atoms. The van der Waals surface area contributed by atoms with Crippen molar-refractivity contribution in [3.63, 3.8) is 0 Å². The lowest BCUT2D eigenvalue weighted by atomic mass is 10.1. The Morgan fingerprint density at radius 3 is 2.29 bits per heavy atom. The zero-order valence-electron chi connectivity index (χ0n) is 10.1. The number of nitrogens with zero attached hydrogens (tertiary/aromatic N) is 1. The molecule has 1 fully saturated rings. The fourth-order valence-corrected chi connectivity index (χ4v) is 3.86. The molecule has 0 bridgehead atoms. The van der Waals surface area contributed by atoms with E-state index in [1.54, 1.807) is 30.3 Å². The van der Waals surface area contributed by atoms with Crippen molar-refractivity contribution < 1.29 is 30.7 Å². The van der Waals surface area contributed by atoms with Gasteiger partial charge in [-0.15, -0.1) is 11.8 Å². The highest BCUT2D eigenvalue weighted by atomic mass is 32.2. The summed E-state index contributed by atoms with van der Waals surface area (Å²) < 4.78 is 62.3. The topological polar surface area (TPSA) is 86.5 Å². The number of rotatable bonds is 4. The summed E-state index contributed by atoms with van der Waals surface area (Å²) in [6.07, 6.45) is 0. The van der Waals surface area contributed by atoms with Crippen LogP contribution in [0.5, 0.6) is 0 Å². The molecule has 0 saturated carbocycles. The minimum Gasteiger partial charge on any atom is -0.264 e. The maximum Gasteiger partial charge on any atom is 0.523 e. The molecule has 0 unspecified atom stereocenters. The summed E-state index contributed by atoms with van der Waals surface area (Å²) in [5.41, 5.74) is -6.78. The van der Waals surface area contributed by atoms with Gasteiger partial charge >= 0.3 is 15.6 Å². The van der Waals surface area contributed by atoms with Crippen molar-refractivity contribution >= 4 is 21.9 Å². The first kappa shape index (κ1) is 16.0. The van der Waals surface area contributed by atoms with Gasteiger partial charge in [-0.05, 0) is 5.56 Å². The molecule has 116 valence electrons. The van der Waals surface area contributed by atoms with Gasteiger partial charge in [-0.25, -0.2) is 4.18 Å². The molecule has 2 rings (SSSR count). The Balaban J connectivity index is 2.17. The van der Waals surface area contributed by atoms with Gasteiger partial charge in [0.05, 0.1) is 0 Å². The van der Waals surface area contributed by atoms with E-state index < -0.39 is 37.3 Å². The molecular weight excluding hydrogens is 335 g/mol. The zero-order chi connectivity index (χ0) is 15.8. The van der Waals surface area contributed by atoms with Crippen molar-refractivity contribution in [3.8, 4) is 0 Å². The van der Waals surface area contributed by atoms with Crippen LogP contribution in [-0.4, -0.2) is 30.3 Å². The largest absolute Gasteiger partial charge is 0.523 e. The van der Waals surface area contributed by atoms with Crippen LogP contribution in [-0.2, 0) is 14.3 Å². The van der Waals surface area contributed by atoms with E-state index in [-0.39, 0.29) is 0 Å². The smallest absolute Gasteiger partial charge is 0.264 e. The number of alkyl halides is 3. The molecule has 0 aromatic heterocycles. The number of nitro groups is 1. The molecule has 1 heterocycles. The molecule has 6 nitrogen and oxygen atoms in total. The maximum atomic E-state index is 12.2. The van der Waals surface area contributed by atoms with Gasteiger partial charge in [-0.1, -0.05) is 30.3 Å². The Morgan fingerprint density at radius 1 is 1.24 bits per heavy atom. The van der Waals surface area contributed by atoms with E-state index >= 15 is 0 Å². The van der Waals surface area contributed by atoms with Crippen molar-refractivity contribution in [3.05, 3.63) is 46.0 Å². The zero-order valence-corrected chi connectivity index (χ0v) is 11.7. The fourth-order valence-electron chi connectivity index (χ4n) is 1.75. The Hall–Kier alpha value is -1.33. The first-order valence-corrected chi connectivity index (χ1v) is 7.82. The van der Waals surface area contributed by atoms with Crippen molar-refractivity contribution in [1.29, 1.82) is 0 Å². The summed E-state index contributed by atoms with van der Waals surface area (Å²) in [6, 6.07) is 6.50. The normalized spacial score (nSPS) is 26.1. The van der Waals surface area contributed by atoms with Crippen LogP contribution in [0.4, 0.5) is 13.2 Å². The predicted molar refractivity (Wildman–Crippen MR) is 67.4 cm³/mol. The minimum absolute atomic E-state index is 0.522. The van der Waals surface area contributed by atoms with Crippen LogP contribution >= 0.6 is 11.8 Å². The highest BCUT2D eigenvalue weighted by Gasteiger charge is 2.58. The van der Waals surface area contributed by atoms with Crippen LogP contribution in [0.15, 0.2) is 30.3 Å². The molecule has 1 aromatic rings. The molecule has 1 saturated heterocycles. The summed E-state index contributed by atoms with van der Waals surface area (Å²) in [7, 11) is -5.86. The van der Waals surface area contributed by atoms with Crippen LogP contribution in [0.2, 0.25) is 0 Å². The average molecular weight is 343 g/mol. The van der Waals surface area contributed by atoms with E-state index in [1.165, 1.54) is 0 Å². The number of thioether (sulfide) groups is 1. The maximum absolute atomic E-state index is 12.2. The van der Waals surface area contributed by atoms with Gasteiger partial charge in [0.15, 0.2) is 5.44 Å². The number of halogens is 3. The summed E-state index contributed by atoms with van der Waals surface area (Å²) in [5, 5.41) is 10.2. The monoisotopic (exact) mass is 343 g/mol. The van der Waals surface area contributed by atoms with E-state index in [1.807, 2.05) is 0 Å². The summed E-state index contributed by atoms with van der Waals surface area (Å²) in [4.78, 5) is 10.1. The first-order valence-electron chi connectivity index (χ1n) is 5.47. The number of hydrogen-bond donors (Lipinski definition) is 0. The molecule has 0 spiro atoms. The Bertz CT molecular complexity index is 634. The Labute approximate surface area is 121 Å². The van der Waals surface area contributed by atoms with Crippen LogP contribution in [0.25, 0.3) is 0 Å². The van der Waals surface area contributed by atoms with E-state index in [4.69, 9.17) is 0 Å². The van der Waals surface area contributed by atoms with Crippen LogP contribution in [0, 0.1) is 10.1 Å². The van der Waals surface area contributed by atoms with Gasteiger partial charge in [0.25, 0.3) is 6.04 Å². The van der Waals surface area contributed by atoms with Crippen LogP contribution in [0.1, 0.15) is 10.8 Å². The third kappa shape index (κ3) is 3.14. The highest BCUT2D eigenvalue weighted by molar-refractivity contribution is 8.02. The summed E-state index contributed by atoms with van der Waals surface area (Å²) in [6.45, 7) is 0. The molecule has 0 aliphatic carbocycles. The molecule has 0 N–H and O–H groups in total. The van der Waals surface area contributed by atoms with E-state index in [2.05, 4.69) is 4.18 Å². The van der Waals surface area contributed by atoms with Crippen molar-refractivity contribution in [2.24, 2.45) is 0 Å². The van der Waals surface area contributed by atoms with Gasteiger partial charge in [-0.3, -0.25) is 10.1 Å². The number of benzene rings is 1. The van der Waals surface area contributed by atoms with Gasteiger partial charge in [0, 0.05) is 4.92 Å². The van der Waals surface area contributed by atoms with E-state index in [0.717, 1.165) is 0 Å². The summed E-state index contributed by atoms with van der Waals surface area (Å²) >= 11 is 0.663. The predicted octanol–water partition coefficient (Wildman–Crippen LogP) is 2.31. The van der Waals surface area contributed by atoms with Crippen molar-refractivity contribution in [2.75, 3.05) is 0 Å². The fraction of sp³-hybridized carbons (Fsp3) is 0.400.